The molecule has 0 aliphatic carbocycles. The molecule has 0 aromatic heterocycles. The van der Waals surface area contributed by atoms with E-state index in [-0.39, 0.29) is 17.6 Å². The first-order chi connectivity index (χ1) is 12.0. The molecule has 1 aliphatic rings. The molecule has 1 atom stereocenters. The van der Waals surface area contributed by atoms with E-state index in [1.165, 1.54) is 11.8 Å². The first kappa shape index (κ1) is 17.7. The fourth-order valence-corrected chi connectivity index (χ4v) is 3.72. The molecule has 1 aliphatic heterocycles. The number of thioether (sulfide) groups is 1. The summed E-state index contributed by atoms with van der Waals surface area (Å²) in [7, 11) is 1.64. The SMILES string of the molecule is COc1ccc2c(c1)[C@@H](NC(=O)CSc1ccccc1)CC(C)(C)O2. The molecule has 25 heavy (non-hydrogen) atoms. The molecule has 3 rings (SSSR count). The van der Waals surface area contributed by atoms with Crippen molar-refractivity contribution in [3.05, 3.63) is 54.1 Å². The van der Waals surface area contributed by atoms with Crippen molar-refractivity contribution in [1.82, 2.24) is 5.32 Å². The first-order valence-electron chi connectivity index (χ1n) is 8.31. The second-order valence-corrected chi connectivity index (χ2v) is 7.74. The van der Waals surface area contributed by atoms with E-state index in [2.05, 4.69) is 5.32 Å². The topological polar surface area (TPSA) is 47.6 Å². The van der Waals surface area contributed by atoms with Gasteiger partial charge in [-0.15, -0.1) is 11.8 Å². The van der Waals surface area contributed by atoms with Gasteiger partial charge >= 0.3 is 0 Å². The van der Waals surface area contributed by atoms with Crippen LogP contribution in [0, 0.1) is 0 Å². The lowest BCUT2D eigenvalue weighted by atomic mass is 9.89. The molecular formula is C20H23NO3S. The van der Waals surface area contributed by atoms with Gasteiger partial charge in [0.25, 0.3) is 0 Å². The molecule has 1 N–H and O–H groups in total. The number of hydrogen-bond acceptors (Lipinski definition) is 4. The highest BCUT2D eigenvalue weighted by Crippen LogP contribution is 2.41. The van der Waals surface area contributed by atoms with E-state index in [1.54, 1.807) is 7.11 Å². The van der Waals surface area contributed by atoms with E-state index in [4.69, 9.17) is 9.47 Å². The zero-order valence-electron chi connectivity index (χ0n) is 14.7. The molecule has 0 unspecified atom stereocenters. The van der Waals surface area contributed by atoms with Gasteiger partial charge < -0.3 is 14.8 Å². The molecule has 0 fully saturated rings. The van der Waals surface area contributed by atoms with Crippen molar-refractivity contribution in [2.75, 3.05) is 12.9 Å². The monoisotopic (exact) mass is 357 g/mol. The van der Waals surface area contributed by atoms with Crippen molar-refractivity contribution >= 4 is 17.7 Å². The van der Waals surface area contributed by atoms with E-state index in [9.17, 15) is 4.79 Å². The summed E-state index contributed by atoms with van der Waals surface area (Å²) in [5, 5.41) is 3.16. The summed E-state index contributed by atoms with van der Waals surface area (Å²) in [6, 6.07) is 15.6. The molecule has 0 saturated carbocycles. The number of carbonyl (C=O) groups is 1. The molecule has 0 radical (unpaired) electrons. The van der Waals surface area contributed by atoms with E-state index in [0.717, 1.165) is 28.4 Å². The van der Waals surface area contributed by atoms with Crippen LogP contribution >= 0.6 is 11.8 Å². The maximum Gasteiger partial charge on any atom is 0.230 e. The van der Waals surface area contributed by atoms with Crippen LogP contribution < -0.4 is 14.8 Å². The van der Waals surface area contributed by atoms with Gasteiger partial charge in [-0.3, -0.25) is 4.79 Å². The molecule has 2 aromatic carbocycles. The summed E-state index contributed by atoms with van der Waals surface area (Å²) < 4.78 is 11.4. The van der Waals surface area contributed by atoms with E-state index < -0.39 is 0 Å². The number of carbonyl (C=O) groups excluding carboxylic acids is 1. The maximum atomic E-state index is 12.5. The second kappa shape index (κ2) is 7.40. The first-order valence-corrected chi connectivity index (χ1v) is 9.29. The van der Waals surface area contributed by atoms with E-state index >= 15 is 0 Å². The van der Waals surface area contributed by atoms with Crippen LogP contribution in [0.1, 0.15) is 31.9 Å². The van der Waals surface area contributed by atoms with Crippen LogP contribution in [0.15, 0.2) is 53.4 Å². The average Bonchev–Trinajstić information content (AvgIpc) is 2.60. The van der Waals surface area contributed by atoms with Gasteiger partial charge in [0.05, 0.1) is 18.9 Å². The van der Waals surface area contributed by atoms with Crippen molar-refractivity contribution in [2.45, 2.75) is 36.8 Å². The van der Waals surface area contributed by atoms with Gasteiger partial charge in [-0.2, -0.15) is 0 Å². The lowest BCUT2D eigenvalue weighted by molar-refractivity contribution is -0.119. The third-order valence-electron chi connectivity index (χ3n) is 4.12. The smallest absolute Gasteiger partial charge is 0.230 e. The number of ether oxygens (including phenoxy) is 2. The third-order valence-corrected chi connectivity index (χ3v) is 5.13. The van der Waals surface area contributed by atoms with Gasteiger partial charge in [-0.25, -0.2) is 0 Å². The van der Waals surface area contributed by atoms with Crippen LogP contribution in [0.5, 0.6) is 11.5 Å². The predicted octanol–water partition coefficient (Wildman–Crippen LogP) is 4.21. The van der Waals surface area contributed by atoms with Crippen LogP contribution in [0.4, 0.5) is 0 Å². The Bertz CT molecular complexity index is 746. The van der Waals surface area contributed by atoms with Gasteiger partial charge in [0, 0.05) is 16.9 Å². The van der Waals surface area contributed by atoms with Gasteiger partial charge in [0.15, 0.2) is 0 Å². The Labute approximate surface area is 152 Å². The lowest BCUT2D eigenvalue weighted by Crippen LogP contribution is -2.41. The van der Waals surface area contributed by atoms with Crippen LogP contribution in [0.3, 0.4) is 0 Å². The van der Waals surface area contributed by atoms with Gasteiger partial charge in [-0.1, -0.05) is 18.2 Å². The maximum absolute atomic E-state index is 12.5. The molecule has 132 valence electrons. The Morgan fingerprint density at radius 2 is 2.04 bits per heavy atom. The zero-order valence-corrected chi connectivity index (χ0v) is 15.6. The summed E-state index contributed by atoms with van der Waals surface area (Å²) in [6.45, 7) is 4.08. The number of fused-ring (bicyclic) bond motifs is 1. The number of hydrogen-bond donors (Lipinski definition) is 1. The Kier molecular flexibility index (Phi) is 5.23. The van der Waals surface area contributed by atoms with Crippen molar-refractivity contribution < 1.29 is 14.3 Å². The molecule has 1 amide bonds. The normalized spacial score (nSPS) is 18.0. The van der Waals surface area contributed by atoms with Gasteiger partial charge in [-0.05, 0) is 44.2 Å². The summed E-state index contributed by atoms with van der Waals surface area (Å²) in [4.78, 5) is 13.5. The van der Waals surface area contributed by atoms with Gasteiger partial charge in [0.2, 0.25) is 5.91 Å². The minimum Gasteiger partial charge on any atom is -0.497 e. The Balaban J connectivity index is 1.71. The number of rotatable bonds is 5. The molecule has 4 nitrogen and oxygen atoms in total. The highest BCUT2D eigenvalue weighted by Gasteiger charge is 2.34. The Morgan fingerprint density at radius 3 is 2.76 bits per heavy atom. The Hall–Kier alpha value is -2.14. The molecule has 2 aromatic rings. The van der Waals surface area contributed by atoms with Crippen molar-refractivity contribution in [2.24, 2.45) is 0 Å². The standard InChI is InChI=1S/C20H23NO3S/c1-20(2)12-17(16-11-14(23-3)9-10-18(16)24-20)21-19(22)13-25-15-7-5-4-6-8-15/h4-11,17H,12-13H2,1-3H3,(H,21,22)/t17-/m0/s1. The quantitative estimate of drug-likeness (QED) is 0.815. The highest BCUT2D eigenvalue weighted by atomic mass is 32.2. The fraction of sp³-hybridized carbons (Fsp3) is 0.350. The van der Waals surface area contributed by atoms with Crippen molar-refractivity contribution in [3.8, 4) is 11.5 Å². The summed E-state index contributed by atoms with van der Waals surface area (Å²) >= 11 is 1.54. The fourth-order valence-electron chi connectivity index (χ4n) is 2.99. The molecular weight excluding hydrogens is 334 g/mol. The zero-order chi connectivity index (χ0) is 17.9. The van der Waals surface area contributed by atoms with E-state index in [1.807, 2.05) is 62.4 Å². The van der Waals surface area contributed by atoms with Gasteiger partial charge in [0.1, 0.15) is 17.1 Å². The van der Waals surface area contributed by atoms with Crippen LogP contribution in [0.2, 0.25) is 0 Å². The van der Waals surface area contributed by atoms with Crippen LogP contribution in [-0.4, -0.2) is 24.4 Å². The predicted molar refractivity (Wildman–Crippen MR) is 100 cm³/mol. The molecule has 5 heteroatoms. The minimum absolute atomic E-state index is 0.0188. The highest BCUT2D eigenvalue weighted by molar-refractivity contribution is 8.00. The average molecular weight is 357 g/mol. The molecule has 0 saturated heterocycles. The third kappa shape index (κ3) is 4.48. The van der Waals surface area contributed by atoms with Crippen molar-refractivity contribution in [1.29, 1.82) is 0 Å². The summed E-state index contributed by atoms with van der Waals surface area (Å²) in [5.74, 6) is 1.98. The number of nitrogens with one attached hydrogen (secondary N) is 1. The summed E-state index contributed by atoms with van der Waals surface area (Å²) in [6.07, 6.45) is 0.717. The van der Waals surface area contributed by atoms with Crippen LogP contribution in [0.25, 0.3) is 0 Å². The molecule has 0 bridgehead atoms. The minimum atomic E-state index is -0.327. The number of benzene rings is 2. The molecule has 1 heterocycles. The second-order valence-electron chi connectivity index (χ2n) is 6.69. The lowest BCUT2D eigenvalue weighted by Gasteiger charge is -2.38. The number of methoxy groups -OCH3 is 1. The Morgan fingerprint density at radius 1 is 1.28 bits per heavy atom. The van der Waals surface area contributed by atoms with Crippen LogP contribution in [-0.2, 0) is 4.79 Å². The van der Waals surface area contributed by atoms with E-state index in [0.29, 0.717) is 5.75 Å². The number of amides is 1. The summed E-state index contributed by atoms with van der Waals surface area (Å²) in [5.41, 5.74) is 0.642. The molecule has 0 spiro atoms. The van der Waals surface area contributed by atoms with Crippen molar-refractivity contribution in [3.63, 3.8) is 0 Å². The largest absolute Gasteiger partial charge is 0.497 e.